The average molecular weight is 312 g/mol. The Morgan fingerprint density at radius 3 is 2.65 bits per heavy atom. The number of Topliss-reactive ketones (excluding diaryl/α,β-unsaturated/α-hetero) is 1. The first-order chi connectivity index (χ1) is 11.0. The largest absolute Gasteiger partial charge is 0.488 e. The van der Waals surface area contributed by atoms with Gasteiger partial charge in [0.2, 0.25) is 0 Å². The van der Waals surface area contributed by atoms with Crippen molar-refractivity contribution >= 4 is 17.8 Å². The zero-order valence-electron chi connectivity index (χ0n) is 12.1. The van der Waals surface area contributed by atoms with Crippen LogP contribution in [0.25, 0.3) is 6.08 Å². The van der Waals surface area contributed by atoms with Crippen molar-refractivity contribution in [1.29, 1.82) is 0 Å². The number of carboxylic acids is 1. The zero-order chi connectivity index (χ0) is 16.4. The molecule has 0 unspecified atom stereocenters. The van der Waals surface area contributed by atoms with Gasteiger partial charge in [-0.2, -0.15) is 0 Å². The molecule has 0 spiro atoms. The van der Waals surface area contributed by atoms with Crippen LogP contribution in [0.4, 0.5) is 4.39 Å². The van der Waals surface area contributed by atoms with Crippen molar-refractivity contribution < 1.29 is 23.8 Å². The number of hydrogen-bond acceptors (Lipinski definition) is 3. The molecule has 0 amide bonds. The van der Waals surface area contributed by atoms with Crippen molar-refractivity contribution in [3.8, 4) is 5.75 Å². The summed E-state index contributed by atoms with van der Waals surface area (Å²) in [5.74, 6) is -1.05. The van der Waals surface area contributed by atoms with Crippen LogP contribution in [0.2, 0.25) is 0 Å². The summed E-state index contributed by atoms with van der Waals surface area (Å²) < 4.78 is 18.5. The Kier molecular flexibility index (Phi) is 3.93. The molecule has 116 valence electrons. The van der Waals surface area contributed by atoms with E-state index in [-0.39, 0.29) is 24.6 Å². The Morgan fingerprint density at radius 1 is 1.22 bits per heavy atom. The average Bonchev–Trinajstić information content (AvgIpc) is 2.51. The molecule has 2 aromatic carbocycles. The van der Waals surface area contributed by atoms with Gasteiger partial charge in [0.1, 0.15) is 18.2 Å². The number of fused-ring (bicyclic) bond motifs is 1. The highest BCUT2D eigenvalue weighted by Crippen LogP contribution is 2.29. The fraction of sp³-hybridized carbons (Fsp3) is 0.111. The number of ketones is 1. The van der Waals surface area contributed by atoms with Crippen LogP contribution in [0.3, 0.4) is 0 Å². The van der Waals surface area contributed by atoms with Gasteiger partial charge >= 0.3 is 5.97 Å². The van der Waals surface area contributed by atoms with Gasteiger partial charge in [-0.05, 0) is 41.5 Å². The Morgan fingerprint density at radius 2 is 1.96 bits per heavy atom. The molecule has 0 aliphatic carbocycles. The molecule has 0 aromatic heterocycles. The lowest BCUT2D eigenvalue weighted by Crippen LogP contribution is -2.19. The van der Waals surface area contributed by atoms with E-state index >= 15 is 0 Å². The quantitative estimate of drug-likeness (QED) is 0.885. The first kappa shape index (κ1) is 15.0. The summed E-state index contributed by atoms with van der Waals surface area (Å²) in [7, 11) is 0. The lowest BCUT2D eigenvalue weighted by molar-refractivity contribution is -0.136. The molecular weight excluding hydrogens is 299 g/mol. The molecule has 1 N–H and O–H groups in total. The van der Waals surface area contributed by atoms with Crippen LogP contribution in [0.15, 0.2) is 48.0 Å². The summed E-state index contributed by atoms with van der Waals surface area (Å²) in [6, 6.07) is 10.6. The number of ether oxygens (including phenoxy) is 1. The third-order valence-electron chi connectivity index (χ3n) is 3.53. The van der Waals surface area contributed by atoms with Crippen LogP contribution in [-0.4, -0.2) is 23.5 Å². The molecule has 1 heterocycles. The number of hydrogen-bond donors (Lipinski definition) is 1. The van der Waals surface area contributed by atoms with Crippen molar-refractivity contribution in [3.63, 3.8) is 0 Å². The van der Waals surface area contributed by atoms with Crippen molar-refractivity contribution in [2.24, 2.45) is 0 Å². The second-order valence-corrected chi connectivity index (χ2v) is 5.24. The summed E-state index contributed by atoms with van der Waals surface area (Å²) in [6.07, 6.45) is 1.54. The molecule has 0 saturated heterocycles. The fourth-order valence-corrected chi connectivity index (χ4v) is 2.42. The maximum atomic E-state index is 12.9. The first-order valence-corrected chi connectivity index (χ1v) is 7.01. The highest BCUT2D eigenvalue weighted by molar-refractivity contribution is 6.14. The zero-order valence-corrected chi connectivity index (χ0v) is 12.1. The summed E-state index contributed by atoms with van der Waals surface area (Å²) in [5, 5.41) is 8.81. The maximum absolute atomic E-state index is 12.9. The van der Waals surface area contributed by atoms with E-state index in [1.807, 2.05) is 0 Å². The number of aliphatic carboxylic acids is 1. The highest BCUT2D eigenvalue weighted by Gasteiger charge is 2.23. The van der Waals surface area contributed by atoms with Crippen LogP contribution in [0.5, 0.6) is 5.75 Å². The molecule has 1 aliphatic rings. The normalized spacial score (nSPS) is 15.2. The van der Waals surface area contributed by atoms with E-state index in [1.165, 1.54) is 12.1 Å². The van der Waals surface area contributed by atoms with Crippen LogP contribution < -0.4 is 4.74 Å². The molecule has 5 heteroatoms. The monoisotopic (exact) mass is 312 g/mol. The Bertz CT molecular complexity index is 806. The van der Waals surface area contributed by atoms with E-state index in [2.05, 4.69) is 0 Å². The predicted molar refractivity (Wildman–Crippen MR) is 82.0 cm³/mol. The number of rotatable bonds is 3. The van der Waals surface area contributed by atoms with E-state index in [0.717, 1.165) is 0 Å². The summed E-state index contributed by atoms with van der Waals surface area (Å²) >= 11 is 0. The van der Waals surface area contributed by atoms with Gasteiger partial charge in [-0.25, -0.2) is 4.39 Å². The predicted octanol–water partition coefficient (Wildman–Crippen LogP) is 3.11. The van der Waals surface area contributed by atoms with Gasteiger partial charge in [0, 0.05) is 5.57 Å². The standard InChI is InChI=1S/C18H13FO4/c19-14-4-1-11(2-5-14)7-13-10-23-16-8-12(9-17(20)21)3-6-15(16)18(13)22/h1-8H,9-10H2,(H,20,21). The second kappa shape index (κ2) is 6.04. The Balaban J connectivity index is 1.88. The molecule has 2 aromatic rings. The van der Waals surface area contributed by atoms with Gasteiger partial charge < -0.3 is 9.84 Å². The minimum Gasteiger partial charge on any atom is -0.488 e. The van der Waals surface area contributed by atoms with E-state index in [4.69, 9.17) is 9.84 Å². The molecule has 4 nitrogen and oxygen atoms in total. The number of benzene rings is 2. The Hall–Kier alpha value is -2.95. The van der Waals surface area contributed by atoms with E-state index in [1.54, 1.807) is 36.4 Å². The molecule has 23 heavy (non-hydrogen) atoms. The lowest BCUT2D eigenvalue weighted by Gasteiger charge is -2.19. The van der Waals surface area contributed by atoms with Crippen LogP contribution in [-0.2, 0) is 11.2 Å². The Labute approximate surface area is 131 Å². The summed E-state index contributed by atoms with van der Waals surface area (Å²) in [4.78, 5) is 23.2. The minimum atomic E-state index is -0.941. The van der Waals surface area contributed by atoms with E-state index in [0.29, 0.717) is 28.0 Å². The summed E-state index contributed by atoms with van der Waals surface area (Å²) in [5.41, 5.74) is 2.16. The molecule has 0 saturated carbocycles. The molecule has 0 atom stereocenters. The number of halogens is 1. The van der Waals surface area contributed by atoms with Crippen LogP contribution in [0, 0.1) is 5.82 Å². The minimum absolute atomic E-state index is 0.0970. The maximum Gasteiger partial charge on any atom is 0.307 e. The SMILES string of the molecule is O=C(O)Cc1ccc2c(c1)OCC(=Cc1ccc(F)cc1)C2=O. The number of carboxylic acid groups (broad SMARTS) is 1. The molecule has 1 aliphatic heterocycles. The number of carbonyl (C=O) groups is 2. The summed E-state index contributed by atoms with van der Waals surface area (Å²) in [6.45, 7) is 0.0970. The van der Waals surface area contributed by atoms with Gasteiger partial charge in [0.05, 0.1) is 12.0 Å². The van der Waals surface area contributed by atoms with E-state index in [9.17, 15) is 14.0 Å². The highest BCUT2D eigenvalue weighted by atomic mass is 19.1. The van der Waals surface area contributed by atoms with Gasteiger partial charge in [0.15, 0.2) is 5.78 Å². The van der Waals surface area contributed by atoms with Gasteiger partial charge in [0.25, 0.3) is 0 Å². The topological polar surface area (TPSA) is 63.6 Å². The van der Waals surface area contributed by atoms with Crippen molar-refractivity contribution in [3.05, 3.63) is 70.5 Å². The van der Waals surface area contributed by atoms with Gasteiger partial charge in [-0.3, -0.25) is 9.59 Å². The van der Waals surface area contributed by atoms with E-state index < -0.39 is 5.97 Å². The smallest absolute Gasteiger partial charge is 0.307 e. The molecular formula is C18H13FO4. The van der Waals surface area contributed by atoms with Crippen molar-refractivity contribution in [2.45, 2.75) is 6.42 Å². The second-order valence-electron chi connectivity index (χ2n) is 5.24. The fourth-order valence-electron chi connectivity index (χ4n) is 2.42. The van der Waals surface area contributed by atoms with Gasteiger partial charge in [-0.15, -0.1) is 0 Å². The van der Waals surface area contributed by atoms with Crippen LogP contribution >= 0.6 is 0 Å². The third kappa shape index (κ3) is 3.29. The van der Waals surface area contributed by atoms with Crippen molar-refractivity contribution in [2.75, 3.05) is 6.61 Å². The van der Waals surface area contributed by atoms with Gasteiger partial charge in [-0.1, -0.05) is 18.2 Å². The molecule has 3 rings (SSSR count). The molecule has 0 bridgehead atoms. The number of carbonyl (C=O) groups excluding carboxylic acids is 1. The molecule has 0 fully saturated rings. The van der Waals surface area contributed by atoms with Crippen LogP contribution in [0.1, 0.15) is 21.5 Å². The van der Waals surface area contributed by atoms with Crippen molar-refractivity contribution in [1.82, 2.24) is 0 Å². The third-order valence-corrected chi connectivity index (χ3v) is 3.53. The first-order valence-electron chi connectivity index (χ1n) is 7.01. The molecule has 0 radical (unpaired) electrons. The lowest BCUT2D eigenvalue weighted by atomic mass is 9.96.